The fourth-order valence-corrected chi connectivity index (χ4v) is 3.29. The lowest BCUT2D eigenvalue weighted by atomic mass is 9.74. The first kappa shape index (κ1) is 12.6. The highest BCUT2D eigenvalue weighted by Crippen LogP contribution is 2.32. The summed E-state index contributed by atoms with van der Waals surface area (Å²) in [6.45, 7) is 4.61. The maximum Gasteiger partial charge on any atom is 0.0200 e. The lowest BCUT2D eigenvalue weighted by molar-refractivity contribution is 0.285. The van der Waals surface area contributed by atoms with E-state index in [1.165, 1.54) is 30.4 Å². The second-order valence-electron chi connectivity index (χ2n) is 5.91. The minimum atomic E-state index is 0.0446. The average Bonchev–Trinajstić information content (AvgIpc) is 2.28. The average molecular weight is 231 g/mol. The van der Waals surface area contributed by atoms with Crippen molar-refractivity contribution in [3.8, 4) is 0 Å². The van der Waals surface area contributed by atoms with Crippen molar-refractivity contribution in [2.24, 2.45) is 11.7 Å². The number of nitrogens with two attached hydrogens (primary N) is 1. The van der Waals surface area contributed by atoms with Crippen LogP contribution in [0, 0.1) is 5.92 Å². The maximum absolute atomic E-state index is 6.61. The van der Waals surface area contributed by atoms with Gasteiger partial charge in [0.25, 0.3) is 0 Å². The van der Waals surface area contributed by atoms with Crippen molar-refractivity contribution in [2.45, 2.75) is 57.9 Å². The molecule has 1 aliphatic rings. The zero-order valence-electron chi connectivity index (χ0n) is 11.2. The van der Waals surface area contributed by atoms with Crippen LogP contribution in [0.2, 0.25) is 0 Å². The summed E-state index contributed by atoms with van der Waals surface area (Å²) < 4.78 is 0. The van der Waals surface area contributed by atoms with Crippen LogP contribution in [0.3, 0.4) is 0 Å². The molecule has 94 valence electrons. The highest BCUT2D eigenvalue weighted by atomic mass is 14.7. The molecule has 2 N–H and O–H groups in total. The molecule has 1 aliphatic carbocycles. The molecule has 0 saturated carbocycles. The van der Waals surface area contributed by atoms with Crippen molar-refractivity contribution in [1.29, 1.82) is 0 Å². The minimum Gasteiger partial charge on any atom is -0.325 e. The molecule has 0 heterocycles. The van der Waals surface area contributed by atoms with Crippen molar-refractivity contribution in [3.63, 3.8) is 0 Å². The number of hydrogen-bond donors (Lipinski definition) is 1. The Morgan fingerprint density at radius 1 is 1.29 bits per heavy atom. The number of fused-ring (bicyclic) bond motifs is 1. The van der Waals surface area contributed by atoms with Gasteiger partial charge < -0.3 is 5.73 Å². The first-order chi connectivity index (χ1) is 8.13. The molecule has 2 unspecified atom stereocenters. The summed E-state index contributed by atoms with van der Waals surface area (Å²) in [5, 5.41) is 0. The summed E-state index contributed by atoms with van der Waals surface area (Å²) in [7, 11) is 0. The first-order valence-electron chi connectivity index (χ1n) is 6.98. The number of hydrogen-bond acceptors (Lipinski definition) is 1. The van der Waals surface area contributed by atoms with Gasteiger partial charge in [-0.15, -0.1) is 0 Å². The highest BCUT2D eigenvalue weighted by molar-refractivity contribution is 5.32. The second kappa shape index (κ2) is 5.22. The van der Waals surface area contributed by atoms with Gasteiger partial charge in [-0.05, 0) is 42.7 Å². The van der Waals surface area contributed by atoms with Crippen molar-refractivity contribution in [3.05, 3.63) is 35.4 Å². The maximum atomic E-state index is 6.61. The molecule has 2 atom stereocenters. The van der Waals surface area contributed by atoms with Gasteiger partial charge in [-0.25, -0.2) is 0 Å². The van der Waals surface area contributed by atoms with Gasteiger partial charge in [0, 0.05) is 5.54 Å². The van der Waals surface area contributed by atoms with E-state index in [0.29, 0.717) is 0 Å². The summed E-state index contributed by atoms with van der Waals surface area (Å²) in [4.78, 5) is 0. The zero-order valence-corrected chi connectivity index (χ0v) is 11.2. The molecule has 1 aromatic rings. The Balaban J connectivity index is 2.05. The third-order valence-electron chi connectivity index (χ3n) is 4.09. The van der Waals surface area contributed by atoms with Crippen LogP contribution in [0.1, 0.15) is 50.7 Å². The van der Waals surface area contributed by atoms with Crippen LogP contribution in [-0.4, -0.2) is 5.54 Å². The topological polar surface area (TPSA) is 26.0 Å². The van der Waals surface area contributed by atoms with Gasteiger partial charge in [-0.2, -0.15) is 0 Å². The van der Waals surface area contributed by atoms with Crippen molar-refractivity contribution >= 4 is 0 Å². The second-order valence-corrected chi connectivity index (χ2v) is 5.91. The molecule has 0 radical (unpaired) electrons. The largest absolute Gasteiger partial charge is 0.325 e. The molecule has 0 aromatic heterocycles. The SMILES string of the molecule is CCCC(C)CC1(N)CCc2ccccc2C1. The van der Waals surface area contributed by atoms with Crippen LogP contribution in [0.25, 0.3) is 0 Å². The van der Waals surface area contributed by atoms with Crippen LogP contribution in [-0.2, 0) is 12.8 Å². The van der Waals surface area contributed by atoms with Crippen LogP contribution in [0.15, 0.2) is 24.3 Å². The summed E-state index contributed by atoms with van der Waals surface area (Å²) >= 11 is 0. The Bertz CT molecular complexity index is 372. The molecule has 1 aromatic carbocycles. The summed E-state index contributed by atoms with van der Waals surface area (Å²) in [5.41, 5.74) is 9.64. The van der Waals surface area contributed by atoms with E-state index in [0.717, 1.165) is 25.2 Å². The summed E-state index contributed by atoms with van der Waals surface area (Å²) in [6.07, 6.45) is 7.13. The lowest BCUT2D eigenvalue weighted by Gasteiger charge is -2.36. The Morgan fingerprint density at radius 3 is 2.71 bits per heavy atom. The molecule has 0 spiro atoms. The quantitative estimate of drug-likeness (QED) is 0.840. The number of aryl methyl sites for hydroxylation is 1. The van der Waals surface area contributed by atoms with E-state index in [-0.39, 0.29) is 5.54 Å². The normalized spacial score (nSPS) is 25.4. The van der Waals surface area contributed by atoms with E-state index in [9.17, 15) is 0 Å². The Hall–Kier alpha value is -0.820. The molecular weight excluding hydrogens is 206 g/mol. The molecule has 0 aliphatic heterocycles. The predicted molar refractivity (Wildman–Crippen MR) is 74.1 cm³/mol. The molecule has 1 heteroatoms. The molecule has 17 heavy (non-hydrogen) atoms. The first-order valence-corrected chi connectivity index (χ1v) is 6.98. The Kier molecular flexibility index (Phi) is 3.88. The van der Waals surface area contributed by atoms with Crippen LogP contribution >= 0.6 is 0 Å². The number of benzene rings is 1. The zero-order chi connectivity index (χ0) is 12.3. The Labute approximate surface area is 105 Å². The van der Waals surface area contributed by atoms with Gasteiger partial charge in [-0.1, -0.05) is 51.0 Å². The lowest BCUT2D eigenvalue weighted by Crippen LogP contribution is -2.46. The van der Waals surface area contributed by atoms with Gasteiger partial charge in [0.2, 0.25) is 0 Å². The monoisotopic (exact) mass is 231 g/mol. The van der Waals surface area contributed by atoms with Crippen LogP contribution in [0.4, 0.5) is 0 Å². The van der Waals surface area contributed by atoms with Crippen LogP contribution in [0.5, 0.6) is 0 Å². The van der Waals surface area contributed by atoms with Gasteiger partial charge in [-0.3, -0.25) is 0 Å². The molecule has 0 fully saturated rings. The van der Waals surface area contributed by atoms with E-state index in [1.54, 1.807) is 0 Å². The highest BCUT2D eigenvalue weighted by Gasteiger charge is 2.31. The van der Waals surface area contributed by atoms with Crippen molar-refractivity contribution < 1.29 is 0 Å². The van der Waals surface area contributed by atoms with E-state index >= 15 is 0 Å². The molecule has 2 rings (SSSR count). The number of rotatable bonds is 4. The fourth-order valence-electron chi connectivity index (χ4n) is 3.29. The van der Waals surface area contributed by atoms with Crippen molar-refractivity contribution in [2.75, 3.05) is 0 Å². The standard InChI is InChI=1S/C16H25N/c1-3-6-13(2)11-16(17)10-9-14-7-4-5-8-15(14)12-16/h4-5,7-8,13H,3,6,9-12,17H2,1-2H3. The minimum absolute atomic E-state index is 0.0446. The molecule has 0 amide bonds. The predicted octanol–water partition coefficient (Wildman–Crippen LogP) is 3.70. The molecule has 0 saturated heterocycles. The molecule has 0 bridgehead atoms. The fraction of sp³-hybridized carbons (Fsp3) is 0.625. The third kappa shape index (κ3) is 3.10. The Morgan fingerprint density at radius 2 is 2.00 bits per heavy atom. The van der Waals surface area contributed by atoms with E-state index in [1.807, 2.05) is 0 Å². The third-order valence-corrected chi connectivity index (χ3v) is 4.09. The molecule has 1 nitrogen and oxygen atoms in total. The van der Waals surface area contributed by atoms with Crippen molar-refractivity contribution in [1.82, 2.24) is 0 Å². The van der Waals surface area contributed by atoms with Gasteiger partial charge in [0.1, 0.15) is 0 Å². The molecular formula is C16H25N. The van der Waals surface area contributed by atoms with E-state index < -0.39 is 0 Å². The summed E-state index contributed by atoms with van der Waals surface area (Å²) in [6, 6.07) is 8.78. The van der Waals surface area contributed by atoms with E-state index in [4.69, 9.17) is 5.73 Å². The van der Waals surface area contributed by atoms with E-state index in [2.05, 4.69) is 38.1 Å². The van der Waals surface area contributed by atoms with Gasteiger partial charge in [0.15, 0.2) is 0 Å². The van der Waals surface area contributed by atoms with Gasteiger partial charge >= 0.3 is 0 Å². The van der Waals surface area contributed by atoms with Gasteiger partial charge in [0.05, 0.1) is 0 Å². The summed E-state index contributed by atoms with van der Waals surface area (Å²) in [5.74, 6) is 0.760. The van der Waals surface area contributed by atoms with Crippen LogP contribution < -0.4 is 5.73 Å². The smallest absolute Gasteiger partial charge is 0.0200 e.